The van der Waals surface area contributed by atoms with Crippen LogP contribution >= 0.6 is 7.60 Å². The lowest BCUT2D eigenvalue weighted by Crippen LogP contribution is -2.39. The minimum atomic E-state index is -4.59. The van der Waals surface area contributed by atoms with Crippen LogP contribution in [0.15, 0.2) is 0 Å². The molecule has 0 N–H and O–H groups in total. The minimum absolute atomic E-state index is 0.588. The van der Waals surface area contributed by atoms with Gasteiger partial charge in [-0.15, -0.1) is 0 Å². The van der Waals surface area contributed by atoms with Gasteiger partial charge in [-0.05, 0) is 24.4 Å². The van der Waals surface area contributed by atoms with E-state index in [-0.39, 0.29) is 0 Å². The Balaban J connectivity index is 4.70. The average molecular weight is 417 g/mol. The minimum Gasteiger partial charge on any atom is -0.810 e. The molecule has 3 nitrogen and oxygen atoms in total. The topological polar surface area (TPSA) is 63.2 Å². The summed E-state index contributed by atoms with van der Waals surface area (Å²) in [6, 6.07) is 0. The van der Waals surface area contributed by atoms with Crippen LogP contribution < -0.4 is 9.79 Å². The normalized spacial score (nSPS) is 12.6. The first kappa shape index (κ1) is 28.1. The molecular formula is C24H49O3P-2. The summed E-state index contributed by atoms with van der Waals surface area (Å²) in [5, 5.41) is -0.977. The van der Waals surface area contributed by atoms with Crippen molar-refractivity contribution in [1.82, 2.24) is 0 Å². The molecular weight excluding hydrogens is 367 g/mol. The molecule has 0 amide bonds. The Morgan fingerprint density at radius 1 is 0.500 bits per heavy atom. The SMILES string of the molecule is CCCCCCCCC(CCCCCCC)(CCCCCCCC)P(=O)([O-])[O-]. The predicted molar refractivity (Wildman–Crippen MR) is 120 cm³/mol. The maximum atomic E-state index is 12.4. The van der Waals surface area contributed by atoms with Crippen molar-refractivity contribution in [2.45, 2.75) is 154 Å². The van der Waals surface area contributed by atoms with E-state index in [0.29, 0.717) is 19.3 Å². The molecule has 0 heterocycles. The number of unbranched alkanes of at least 4 members (excludes halogenated alkanes) is 14. The molecule has 0 aromatic heterocycles. The third-order valence-electron chi connectivity index (χ3n) is 6.32. The van der Waals surface area contributed by atoms with Gasteiger partial charge in [0.25, 0.3) is 0 Å². The molecule has 0 aliphatic carbocycles. The molecule has 0 aromatic rings. The lowest BCUT2D eigenvalue weighted by molar-refractivity contribution is -0.321. The van der Waals surface area contributed by atoms with Gasteiger partial charge in [-0.3, -0.25) is 0 Å². The van der Waals surface area contributed by atoms with Crippen LogP contribution in [0.1, 0.15) is 149 Å². The summed E-state index contributed by atoms with van der Waals surface area (Å²) >= 11 is 0. The summed E-state index contributed by atoms with van der Waals surface area (Å²) in [4.78, 5) is 24.8. The summed E-state index contributed by atoms with van der Waals surface area (Å²) in [6.07, 6.45) is 20.9. The summed E-state index contributed by atoms with van der Waals surface area (Å²) in [7, 11) is -4.59. The Morgan fingerprint density at radius 3 is 1.00 bits per heavy atom. The molecule has 170 valence electrons. The van der Waals surface area contributed by atoms with Crippen LogP contribution in [-0.2, 0) is 4.57 Å². The Hall–Kier alpha value is 0.150. The molecule has 0 bridgehead atoms. The van der Waals surface area contributed by atoms with Crippen molar-refractivity contribution in [3.05, 3.63) is 0 Å². The zero-order valence-corrected chi connectivity index (χ0v) is 20.2. The van der Waals surface area contributed by atoms with E-state index < -0.39 is 12.8 Å². The molecule has 4 heteroatoms. The Labute approximate surface area is 176 Å². The Kier molecular flexibility index (Phi) is 18.1. The van der Waals surface area contributed by atoms with Gasteiger partial charge in [-0.25, -0.2) is 0 Å². The molecule has 0 atom stereocenters. The highest BCUT2D eigenvalue weighted by atomic mass is 31.2. The zero-order chi connectivity index (χ0) is 21.1. The van der Waals surface area contributed by atoms with Crippen molar-refractivity contribution < 1.29 is 14.4 Å². The third-order valence-corrected chi connectivity index (χ3v) is 8.15. The van der Waals surface area contributed by atoms with E-state index >= 15 is 0 Å². The van der Waals surface area contributed by atoms with Gasteiger partial charge in [0.15, 0.2) is 0 Å². The fourth-order valence-electron chi connectivity index (χ4n) is 4.31. The molecule has 0 fully saturated rings. The maximum absolute atomic E-state index is 12.4. The van der Waals surface area contributed by atoms with Gasteiger partial charge in [0.05, 0.1) is 0 Å². The summed E-state index contributed by atoms with van der Waals surface area (Å²) in [6.45, 7) is 6.59. The van der Waals surface area contributed by atoms with Crippen LogP contribution in [0, 0.1) is 0 Å². The van der Waals surface area contributed by atoms with Gasteiger partial charge < -0.3 is 14.4 Å². The van der Waals surface area contributed by atoms with E-state index in [1.165, 1.54) is 64.2 Å². The Bertz CT molecular complexity index is 362. The van der Waals surface area contributed by atoms with Gasteiger partial charge in [0, 0.05) is 0 Å². The summed E-state index contributed by atoms with van der Waals surface area (Å²) < 4.78 is 12.4. The average Bonchev–Trinajstić information content (AvgIpc) is 2.65. The number of hydrogen-bond donors (Lipinski definition) is 0. The largest absolute Gasteiger partial charge is 0.810 e. The monoisotopic (exact) mass is 416 g/mol. The van der Waals surface area contributed by atoms with E-state index in [1.54, 1.807) is 0 Å². The van der Waals surface area contributed by atoms with Crippen molar-refractivity contribution in [2.75, 3.05) is 0 Å². The highest BCUT2D eigenvalue weighted by Gasteiger charge is 2.32. The lowest BCUT2D eigenvalue weighted by atomic mass is 9.88. The molecule has 0 unspecified atom stereocenters. The number of hydrogen-bond acceptors (Lipinski definition) is 3. The smallest absolute Gasteiger partial charge is 0.00196 e. The van der Waals surface area contributed by atoms with E-state index in [1.807, 2.05) is 0 Å². The molecule has 0 saturated carbocycles. The second-order valence-electron chi connectivity index (χ2n) is 8.92. The second kappa shape index (κ2) is 18.0. The molecule has 28 heavy (non-hydrogen) atoms. The van der Waals surface area contributed by atoms with E-state index in [2.05, 4.69) is 20.8 Å². The fraction of sp³-hybridized carbons (Fsp3) is 1.00. The molecule has 0 aliphatic rings. The molecule has 0 aromatic carbocycles. The standard InChI is InChI=1S/C24H51O3P/c1-4-7-10-13-16-19-22-24(28(25,26)27,21-18-15-12-9-6-3)23-20-17-14-11-8-5-2/h4-23H2,1-3H3,(H2,25,26,27)/p-2. The summed E-state index contributed by atoms with van der Waals surface area (Å²) in [5.41, 5.74) is 0. The molecule has 0 spiro atoms. The van der Waals surface area contributed by atoms with Crippen molar-refractivity contribution in [2.24, 2.45) is 0 Å². The van der Waals surface area contributed by atoms with Gasteiger partial charge in [-0.2, -0.15) is 0 Å². The van der Waals surface area contributed by atoms with Gasteiger partial charge in [0.2, 0.25) is 0 Å². The van der Waals surface area contributed by atoms with E-state index in [0.717, 1.165) is 44.9 Å². The zero-order valence-electron chi connectivity index (χ0n) is 19.3. The van der Waals surface area contributed by atoms with Gasteiger partial charge in [0.1, 0.15) is 0 Å². The van der Waals surface area contributed by atoms with Crippen LogP contribution in [-0.4, -0.2) is 5.16 Å². The Morgan fingerprint density at radius 2 is 0.750 bits per heavy atom. The highest BCUT2D eigenvalue weighted by Crippen LogP contribution is 2.53. The van der Waals surface area contributed by atoms with Gasteiger partial charge >= 0.3 is 0 Å². The molecule has 0 rings (SSSR count). The molecule has 0 aliphatic heterocycles. The highest BCUT2D eigenvalue weighted by molar-refractivity contribution is 7.50. The lowest BCUT2D eigenvalue weighted by Gasteiger charge is -2.51. The van der Waals surface area contributed by atoms with E-state index in [9.17, 15) is 14.4 Å². The van der Waals surface area contributed by atoms with Crippen LogP contribution in [0.3, 0.4) is 0 Å². The van der Waals surface area contributed by atoms with Crippen LogP contribution in [0.5, 0.6) is 0 Å². The molecule has 0 radical (unpaired) electrons. The second-order valence-corrected chi connectivity index (χ2v) is 10.9. The van der Waals surface area contributed by atoms with Crippen molar-refractivity contribution >= 4 is 7.60 Å². The third kappa shape index (κ3) is 13.4. The first-order chi connectivity index (χ1) is 13.4. The maximum Gasteiger partial charge on any atom is -0.00196 e. The summed E-state index contributed by atoms with van der Waals surface area (Å²) in [5.74, 6) is 0. The fourth-order valence-corrected chi connectivity index (χ4v) is 5.61. The molecule has 0 saturated heterocycles. The quantitative estimate of drug-likeness (QED) is 0.144. The number of rotatable bonds is 21. The van der Waals surface area contributed by atoms with Crippen molar-refractivity contribution in [1.29, 1.82) is 0 Å². The van der Waals surface area contributed by atoms with Crippen LogP contribution in [0.4, 0.5) is 0 Å². The first-order valence-corrected chi connectivity index (χ1v) is 14.0. The van der Waals surface area contributed by atoms with E-state index in [4.69, 9.17) is 0 Å². The predicted octanol–water partition coefficient (Wildman–Crippen LogP) is 7.50. The van der Waals surface area contributed by atoms with Gasteiger partial charge in [-0.1, -0.05) is 138 Å². The van der Waals surface area contributed by atoms with Crippen molar-refractivity contribution in [3.63, 3.8) is 0 Å². The van der Waals surface area contributed by atoms with Crippen LogP contribution in [0.25, 0.3) is 0 Å². The van der Waals surface area contributed by atoms with Crippen LogP contribution in [0.2, 0.25) is 0 Å². The first-order valence-electron chi connectivity index (χ1n) is 12.5. The van der Waals surface area contributed by atoms with Crippen molar-refractivity contribution in [3.8, 4) is 0 Å².